The molecule has 0 aliphatic heterocycles. The number of rotatable bonds is 4. The Morgan fingerprint density at radius 3 is 2.73 bits per heavy atom. The van der Waals surface area contributed by atoms with Crippen LogP contribution in [0.15, 0.2) is 60.6 Å². The Kier molecular flexibility index (Phi) is 5.27. The van der Waals surface area contributed by atoms with Gasteiger partial charge in [0.2, 0.25) is 5.91 Å². The zero-order valence-corrected chi connectivity index (χ0v) is 20.6. The van der Waals surface area contributed by atoms with Gasteiger partial charge < -0.3 is 16.4 Å². The molecule has 0 saturated heterocycles. The van der Waals surface area contributed by atoms with E-state index in [1.54, 1.807) is 11.6 Å². The molecule has 37 heavy (non-hydrogen) atoms. The largest absolute Gasteiger partial charge is 0.382 e. The summed E-state index contributed by atoms with van der Waals surface area (Å²) in [7, 11) is 0. The van der Waals surface area contributed by atoms with Gasteiger partial charge in [-0.2, -0.15) is 0 Å². The second-order valence-corrected chi connectivity index (χ2v) is 9.39. The van der Waals surface area contributed by atoms with Crippen LogP contribution in [0, 0.1) is 6.92 Å². The number of aromatic nitrogens is 5. The molecule has 182 valence electrons. The van der Waals surface area contributed by atoms with Gasteiger partial charge in [-0.15, -0.1) is 11.3 Å². The Hall–Kier alpha value is -4.90. The maximum absolute atomic E-state index is 13.3. The second kappa shape index (κ2) is 8.64. The summed E-state index contributed by atoms with van der Waals surface area (Å²) in [6.07, 6.45) is 4.56. The van der Waals surface area contributed by atoms with Gasteiger partial charge in [-0.3, -0.25) is 14.2 Å². The molecule has 0 aliphatic rings. The number of carbonyl (C=O) groups excluding carboxylic acids is 2. The first-order chi connectivity index (χ1) is 17.9. The van der Waals surface area contributed by atoms with E-state index in [4.69, 9.17) is 5.73 Å². The standard InChI is InChI=1S/C26H20N8O2S/c1-13-3-5-17-16(21(13)33-26(36)18-10-37-23-22(18)29-11-30-24(23)27)7-8-28-25(17)32-15-4-6-19-20(9-15)34(12-31-19)14(2)35/h3-12H,1-2H3,(H,28,32)(H,33,36)(H2,27,29,30). The highest BCUT2D eigenvalue weighted by molar-refractivity contribution is 7.18. The molecular weight excluding hydrogens is 488 g/mol. The number of nitrogen functional groups attached to an aromatic ring is 1. The van der Waals surface area contributed by atoms with Crippen LogP contribution >= 0.6 is 11.3 Å². The highest BCUT2D eigenvalue weighted by atomic mass is 32.1. The van der Waals surface area contributed by atoms with E-state index in [9.17, 15) is 9.59 Å². The van der Waals surface area contributed by atoms with Crippen LogP contribution in [0.1, 0.15) is 27.6 Å². The zero-order chi connectivity index (χ0) is 25.7. The Labute approximate surface area is 214 Å². The Balaban J connectivity index is 1.38. The van der Waals surface area contributed by atoms with Crippen LogP contribution in [0.25, 0.3) is 32.0 Å². The van der Waals surface area contributed by atoms with Gasteiger partial charge in [0.25, 0.3) is 5.91 Å². The van der Waals surface area contributed by atoms with Gasteiger partial charge in [0, 0.05) is 35.0 Å². The molecule has 0 radical (unpaired) electrons. The van der Waals surface area contributed by atoms with Gasteiger partial charge in [0.05, 0.1) is 32.5 Å². The van der Waals surface area contributed by atoms with Crippen LogP contribution in [0.3, 0.4) is 0 Å². The van der Waals surface area contributed by atoms with Crippen LogP contribution in [-0.4, -0.2) is 36.3 Å². The third-order valence-electron chi connectivity index (χ3n) is 6.17. The number of pyridine rings is 1. The summed E-state index contributed by atoms with van der Waals surface area (Å²) in [5.41, 5.74) is 10.7. The van der Waals surface area contributed by atoms with E-state index in [0.717, 1.165) is 27.5 Å². The molecule has 11 heteroatoms. The number of imidazole rings is 1. The molecule has 0 saturated carbocycles. The molecule has 4 heterocycles. The summed E-state index contributed by atoms with van der Waals surface area (Å²) in [5.74, 6) is 0.560. The Morgan fingerprint density at radius 2 is 1.89 bits per heavy atom. The summed E-state index contributed by atoms with van der Waals surface area (Å²) in [5, 5.41) is 9.80. The van der Waals surface area contributed by atoms with Crippen LogP contribution in [0.4, 0.5) is 23.0 Å². The van der Waals surface area contributed by atoms with Crippen molar-refractivity contribution < 1.29 is 9.59 Å². The van der Waals surface area contributed by atoms with Gasteiger partial charge in [0.15, 0.2) is 0 Å². The lowest BCUT2D eigenvalue weighted by molar-refractivity contribution is 0.0940. The van der Waals surface area contributed by atoms with E-state index >= 15 is 0 Å². The average Bonchev–Trinajstić information content (AvgIpc) is 3.51. The van der Waals surface area contributed by atoms with Gasteiger partial charge in [-0.05, 0) is 36.8 Å². The number of nitrogens with two attached hydrogens (primary N) is 1. The van der Waals surface area contributed by atoms with Crippen molar-refractivity contribution in [3.05, 3.63) is 71.8 Å². The molecule has 0 fully saturated rings. The molecular formula is C26H20N8O2S. The number of nitrogens with zero attached hydrogens (tertiary/aromatic N) is 5. The summed E-state index contributed by atoms with van der Waals surface area (Å²) >= 11 is 1.34. The minimum Gasteiger partial charge on any atom is -0.382 e. The highest BCUT2D eigenvalue weighted by Crippen LogP contribution is 2.34. The molecule has 6 rings (SSSR count). The number of hydrogen-bond donors (Lipinski definition) is 3. The lowest BCUT2D eigenvalue weighted by Crippen LogP contribution is -2.13. The van der Waals surface area contributed by atoms with Crippen molar-refractivity contribution in [1.29, 1.82) is 0 Å². The molecule has 2 aromatic carbocycles. The second-order valence-electron chi connectivity index (χ2n) is 8.51. The molecule has 6 aromatic rings. The van der Waals surface area contributed by atoms with Crippen LogP contribution in [-0.2, 0) is 0 Å². The predicted octanol–water partition coefficient (Wildman–Crippen LogP) is 5.14. The molecule has 0 spiro atoms. The van der Waals surface area contributed by atoms with Crippen LogP contribution in [0.2, 0.25) is 0 Å². The van der Waals surface area contributed by atoms with Crippen LogP contribution in [0.5, 0.6) is 0 Å². The Morgan fingerprint density at radius 1 is 1.03 bits per heavy atom. The number of thiophene rings is 1. The van der Waals surface area contributed by atoms with Gasteiger partial charge in [0.1, 0.15) is 24.3 Å². The third kappa shape index (κ3) is 3.81. The molecule has 0 unspecified atom stereocenters. The van der Waals surface area contributed by atoms with Crippen molar-refractivity contribution >= 4 is 78.2 Å². The van der Waals surface area contributed by atoms with E-state index in [-0.39, 0.29) is 11.8 Å². The van der Waals surface area contributed by atoms with Crippen LogP contribution < -0.4 is 16.4 Å². The first-order valence-electron chi connectivity index (χ1n) is 11.3. The van der Waals surface area contributed by atoms with E-state index in [2.05, 4.69) is 30.6 Å². The highest BCUT2D eigenvalue weighted by Gasteiger charge is 2.18. The fourth-order valence-electron chi connectivity index (χ4n) is 4.31. The monoisotopic (exact) mass is 508 g/mol. The van der Waals surface area contributed by atoms with Gasteiger partial charge in [-0.1, -0.05) is 12.1 Å². The topological polar surface area (TPSA) is 141 Å². The SMILES string of the molecule is CC(=O)n1cnc2ccc(Nc3nccc4c(NC(=O)c5csc6c(N)ncnc56)c(C)ccc34)cc21. The van der Waals surface area contributed by atoms with E-state index < -0.39 is 0 Å². The number of amides is 1. The van der Waals surface area contributed by atoms with E-state index in [1.165, 1.54) is 35.5 Å². The fraction of sp³-hybridized carbons (Fsp3) is 0.0769. The molecule has 4 N–H and O–H groups in total. The molecule has 10 nitrogen and oxygen atoms in total. The van der Waals surface area contributed by atoms with Crippen molar-refractivity contribution in [2.75, 3.05) is 16.4 Å². The maximum Gasteiger partial charge on any atom is 0.258 e. The smallest absolute Gasteiger partial charge is 0.258 e. The fourth-order valence-corrected chi connectivity index (χ4v) is 5.22. The zero-order valence-electron chi connectivity index (χ0n) is 19.8. The lowest BCUT2D eigenvalue weighted by atomic mass is 10.0. The van der Waals surface area contributed by atoms with Gasteiger partial charge >= 0.3 is 0 Å². The van der Waals surface area contributed by atoms with Crippen molar-refractivity contribution in [2.24, 2.45) is 0 Å². The quantitative estimate of drug-likeness (QED) is 0.297. The van der Waals surface area contributed by atoms with E-state index in [0.29, 0.717) is 38.6 Å². The van der Waals surface area contributed by atoms with E-state index in [1.807, 2.05) is 43.3 Å². The number of nitrogens with one attached hydrogen (secondary N) is 2. The molecule has 4 aromatic heterocycles. The van der Waals surface area contributed by atoms with Crippen molar-refractivity contribution in [2.45, 2.75) is 13.8 Å². The van der Waals surface area contributed by atoms with Crippen molar-refractivity contribution in [3.8, 4) is 0 Å². The molecule has 0 atom stereocenters. The van der Waals surface area contributed by atoms with Crippen molar-refractivity contribution in [3.63, 3.8) is 0 Å². The average molecular weight is 509 g/mol. The summed E-state index contributed by atoms with van der Waals surface area (Å²) in [4.78, 5) is 42.3. The molecule has 1 amide bonds. The lowest BCUT2D eigenvalue weighted by Gasteiger charge is -2.15. The van der Waals surface area contributed by atoms with Gasteiger partial charge in [-0.25, -0.2) is 19.9 Å². The predicted molar refractivity (Wildman–Crippen MR) is 146 cm³/mol. The third-order valence-corrected chi connectivity index (χ3v) is 7.16. The summed E-state index contributed by atoms with van der Waals surface area (Å²) < 4.78 is 2.18. The maximum atomic E-state index is 13.3. The summed E-state index contributed by atoms with van der Waals surface area (Å²) in [6, 6.07) is 11.3. The first-order valence-corrected chi connectivity index (χ1v) is 12.2. The molecule has 0 bridgehead atoms. The minimum absolute atomic E-state index is 0.119. The number of benzene rings is 2. The normalized spacial score (nSPS) is 11.3. The number of aryl methyl sites for hydroxylation is 1. The van der Waals surface area contributed by atoms with Crippen molar-refractivity contribution in [1.82, 2.24) is 24.5 Å². The number of carbonyl (C=O) groups is 2. The molecule has 0 aliphatic carbocycles. The number of fused-ring (bicyclic) bond motifs is 3. The number of hydrogen-bond acceptors (Lipinski definition) is 9. The first kappa shape index (κ1) is 22.6. The Bertz CT molecular complexity index is 1870. The number of anilines is 4. The minimum atomic E-state index is -0.283. The summed E-state index contributed by atoms with van der Waals surface area (Å²) in [6.45, 7) is 3.43.